The number of aliphatic hydroxyl groups excluding tert-OH is 2. The van der Waals surface area contributed by atoms with Gasteiger partial charge in [0.15, 0.2) is 23.0 Å². The third-order valence-electron chi connectivity index (χ3n) is 7.55. The molecule has 1 aromatic heterocycles. The van der Waals surface area contributed by atoms with E-state index in [1.165, 1.54) is 4.90 Å². The molecule has 7 N–H and O–H groups in total. The molecular formula is C25H33Cl3N4O7. The fourth-order valence-electron chi connectivity index (χ4n) is 5.76. The number of fused-ring (bicyclic) bond motifs is 3. The molecule has 1 saturated carbocycles. The average Bonchev–Trinajstić information content (AvgIpc) is 2.78. The number of aromatic hydroxyl groups is 1. The molecule has 1 amide bonds. The maximum atomic E-state index is 13.8. The first-order chi connectivity index (χ1) is 17.2. The van der Waals surface area contributed by atoms with E-state index in [0.29, 0.717) is 18.0 Å². The number of rotatable bonds is 6. The Labute approximate surface area is 242 Å². The van der Waals surface area contributed by atoms with E-state index in [4.69, 9.17) is 17.3 Å². The molecule has 0 radical (unpaired) electrons. The summed E-state index contributed by atoms with van der Waals surface area (Å²) in [6.45, 7) is 4.54. The van der Waals surface area contributed by atoms with Crippen molar-refractivity contribution in [1.29, 1.82) is 0 Å². The Kier molecular flexibility index (Phi) is 9.63. The van der Waals surface area contributed by atoms with Gasteiger partial charge in [-0.15, -0.1) is 24.8 Å². The second-order valence-corrected chi connectivity index (χ2v) is 10.9. The van der Waals surface area contributed by atoms with Gasteiger partial charge in [-0.3, -0.25) is 19.3 Å². The molecule has 14 heteroatoms. The van der Waals surface area contributed by atoms with Crippen LogP contribution in [0.15, 0.2) is 16.9 Å². The minimum atomic E-state index is -2.69. The lowest BCUT2D eigenvalue weighted by molar-refractivity contribution is -0.153. The molecule has 0 saturated heterocycles. The molecule has 0 aliphatic heterocycles. The van der Waals surface area contributed by atoms with Gasteiger partial charge in [0, 0.05) is 23.6 Å². The summed E-state index contributed by atoms with van der Waals surface area (Å²) in [6, 6.07) is -1.15. The number of hydrogen-bond donors (Lipinski definition) is 6. The van der Waals surface area contributed by atoms with Crippen molar-refractivity contribution >= 4 is 65.5 Å². The lowest BCUT2D eigenvalue weighted by Crippen LogP contribution is -2.65. The molecule has 0 unspecified atom stereocenters. The van der Waals surface area contributed by atoms with Gasteiger partial charge in [0.2, 0.25) is 5.78 Å². The Morgan fingerprint density at radius 1 is 1.23 bits per heavy atom. The van der Waals surface area contributed by atoms with Gasteiger partial charge in [0.1, 0.15) is 22.2 Å². The number of pyridine rings is 1. The zero-order chi connectivity index (χ0) is 27.6. The Morgan fingerprint density at radius 2 is 1.85 bits per heavy atom. The Hall–Kier alpha value is -2.57. The van der Waals surface area contributed by atoms with Gasteiger partial charge in [0.05, 0.1) is 11.6 Å². The summed E-state index contributed by atoms with van der Waals surface area (Å²) >= 11 is 6.45. The number of primary amides is 1. The number of hydrogen-bond acceptors (Lipinski definition) is 10. The van der Waals surface area contributed by atoms with Gasteiger partial charge in [-0.2, -0.15) is 0 Å². The highest BCUT2D eigenvalue weighted by Crippen LogP contribution is 2.53. The second kappa shape index (κ2) is 11.5. The van der Waals surface area contributed by atoms with Crippen LogP contribution in [0.1, 0.15) is 37.8 Å². The van der Waals surface area contributed by atoms with Gasteiger partial charge in [-0.1, -0.05) is 25.4 Å². The summed E-state index contributed by atoms with van der Waals surface area (Å²) in [4.78, 5) is 44.7. The topological polar surface area (TPSA) is 186 Å². The summed E-state index contributed by atoms with van der Waals surface area (Å²) < 4.78 is 0. The number of aromatic nitrogens is 1. The largest absolute Gasteiger partial charge is 0.508 e. The van der Waals surface area contributed by atoms with Crippen LogP contribution in [-0.4, -0.2) is 80.1 Å². The minimum absolute atomic E-state index is 0. The lowest BCUT2D eigenvalue weighted by Gasteiger charge is -2.50. The summed E-state index contributed by atoms with van der Waals surface area (Å²) in [7, 11) is 3.08. The smallest absolute Gasteiger partial charge is 0.255 e. The normalized spacial score (nSPS) is 26.0. The van der Waals surface area contributed by atoms with Crippen LogP contribution in [0.2, 0.25) is 5.15 Å². The summed E-state index contributed by atoms with van der Waals surface area (Å²) in [5.74, 6) is -6.75. The van der Waals surface area contributed by atoms with Crippen LogP contribution in [-0.2, 0) is 20.8 Å². The first kappa shape index (κ1) is 32.6. The van der Waals surface area contributed by atoms with E-state index in [-0.39, 0.29) is 59.8 Å². The number of ketones is 2. The predicted octanol–water partition coefficient (Wildman–Crippen LogP) is 2.31. The Balaban J connectivity index is 0.00000267. The van der Waals surface area contributed by atoms with Crippen molar-refractivity contribution in [2.45, 2.75) is 44.8 Å². The highest BCUT2D eigenvalue weighted by atomic mass is 35.5. The van der Waals surface area contributed by atoms with Crippen molar-refractivity contribution in [1.82, 2.24) is 9.88 Å². The van der Waals surface area contributed by atoms with Crippen molar-refractivity contribution in [2.24, 2.45) is 23.5 Å². The molecule has 0 aromatic carbocycles. The van der Waals surface area contributed by atoms with E-state index in [2.05, 4.69) is 10.3 Å². The van der Waals surface area contributed by atoms with Gasteiger partial charge >= 0.3 is 0 Å². The molecule has 216 valence electrons. The number of halogens is 3. The van der Waals surface area contributed by atoms with Crippen molar-refractivity contribution in [3.05, 3.63) is 33.2 Å². The number of amides is 1. The van der Waals surface area contributed by atoms with Crippen LogP contribution in [0.3, 0.4) is 0 Å². The Morgan fingerprint density at radius 3 is 2.38 bits per heavy atom. The van der Waals surface area contributed by atoms with Crippen molar-refractivity contribution < 1.29 is 34.8 Å². The minimum Gasteiger partial charge on any atom is -0.508 e. The molecule has 4 rings (SSSR count). The maximum absolute atomic E-state index is 13.8. The van der Waals surface area contributed by atoms with Crippen LogP contribution in [0.5, 0.6) is 5.75 Å². The summed E-state index contributed by atoms with van der Waals surface area (Å²) in [6.07, 6.45) is 0.842. The Bertz CT molecular complexity index is 1280. The maximum Gasteiger partial charge on any atom is 0.255 e. The number of nitrogens with two attached hydrogens (primary N) is 1. The van der Waals surface area contributed by atoms with Crippen LogP contribution < -0.4 is 11.1 Å². The fraction of sp³-hybridized carbons (Fsp3) is 0.520. The first-order valence-electron chi connectivity index (χ1n) is 12.0. The zero-order valence-electron chi connectivity index (χ0n) is 21.8. The predicted molar refractivity (Wildman–Crippen MR) is 149 cm³/mol. The highest BCUT2D eigenvalue weighted by Gasteiger charge is 2.64. The number of nitrogens with one attached hydrogen (secondary N) is 1. The van der Waals surface area contributed by atoms with Gasteiger partial charge in [0.25, 0.3) is 5.91 Å². The summed E-state index contributed by atoms with van der Waals surface area (Å²) in [5.41, 5.74) is 1.78. The number of Topliss-reactive ketones (excluding diaryl/α,β-unsaturated/α-hetero) is 2. The van der Waals surface area contributed by atoms with E-state index < -0.39 is 63.8 Å². The summed E-state index contributed by atoms with van der Waals surface area (Å²) in [5, 5.41) is 47.7. The molecule has 1 fully saturated rings. The van der Waals surface area contributed by atoms with E-state index in [0.717, 1.165) is 6.42 Å². The molecule has 3 aliphatic rings. The van der Waals surface area contributed by atoms with Crippen LogP contribution >= 0.6 is 36.4 Å². The molecule has 1 heterocycles. The van der Waals surface area contributed by atoms with Gasteiger partial charge in [-0.05, 0) is 45.2 Å². The number of carbonyl (C=O) groups excluding carboxylic acids is 3. The lowest BCUT2D eigenvalue weighted by atomic mass is 9.57. The SMILES string of the molecule is CC(C)CCNc1nc(Cl)c2c(c1O)C(O)=C1C(=O)[C@]3(O)C(O)=C(C(N)=O)C(=O)[C@@H](N(C)C)[C@@H]3C[C@@H]1C2.Cl.Cl. The van der Waals surface area contributed by atoms with Gasteiger partial charge < -0.3 is 31.5 Å². The molecule has 39 heavy (non-hydrogen) atoms. The molecule has 4 atom stereocenters. The van der Waals surface area contributed by atoms with E-state index in [1.807, 2.05) is 13.8 Å². The van der Waals surface area contributed by atoms with Crippen molar-refractivity contribution in [3.8, 4) is 5.75 Å². The number of carbonyl (C=O) groups is 3. The van der Waals surface area contributed by atoms with E-state index >= 15 is 0 Å². The monoisotopic (exact) mass is 606 g/mol. The zero-order valence-corrected chi connectivity index (χ0v) is 24.2. The first-order valence-corrected chi connectivity index (χ1v) is 12.4. The van der Waals surface area contributed by atoms with Gasteiger partial charge in [-0.25, -0.2) is 4.98 Å². The molecule has 0 spiro atoms. The van der Waals surface area contributed by atoms with E-state index in [9.17, 15) is 34.8 Å². The van der Waals surface area contributed by atoms with E-state index in [1.54, 1.807) is 14.1 Å². The number of likely N-dealkylation sites (N-methyl/N-ethyl adjacent to an activating group) is 1. The highest BCUT2D eigenvalue weighted by molar-refractivity contribution is 6.31. The standard InChI is InChI=1S/C25H31ClN4O7.2ClH/c1-9(2)5-6-28-24-19(33)14-11(22(26)29-24)7-10-8-12-16(30(3)4)18(32)15(23(27)36)21(35)25(12,37)20(34)13(10)17(14)31;;/h9-10,12,16,31,33,35,37H,5-8H2,1-4H3,(H2,27,36)(H,28,29);2*1H/t10-,12-,16-,25-;;/m0../s1. The fourth-order valence-corrected chi connectivity index (χ4v) is 6.02. The average molecular weight is 608 g/mol. The quantitative estimate of drug-likeness (QED) is 0.207. The molecular weight excluding hydrogens is 575 g/mol. The number of nitrogens with zero attached hydrogens (tertiary/aromatic N) is 2. The molecule has 0 bridgehead atoms. The van der Waals surface area contributed by atoms with Crippen LogP contribution in [0.4, 0.5) is 5.82 Å². The molecule has 11 nitrogen and oxygen atoms in total. The van der Waals surface area contributed by atoms with Crippen molar-refractivity contribution in [2.75, 3.05) is 26.0 Å². The molecule has 1 aromatic rings. The molecule has 3 aliphatic carbocycles. The van der Waals surface area contributed by atoms with Crippen LogP contribution in [0.25, 0.3) is 5.76 Å². The third-order valence-corrected chi connectivity index (χ3v) is 7.86. The number of anilines is 1. The second-order valence-electron chi connectivity index (χ2n) is 10.5. The van der Waals surface area contributed by atoms with Crippen molar-refractivity contribution in [3.63, 3.8) is 0 Å². The number of aliphatic hydroxyl groups is 3. The van der Waals surface area contributed by atoms with Crippen LogP contribution in [0, 0.1) is 17.8 Å². The third kappa shape index (κ3) is 4.95.